The zero-order chi connectivity index (χ0) is 20.3. The summed E-state index contributed by atoms with van der Waals surface area (Å²) < 4.78 is 28.9. The standard InChI is InChI=1S/C22H29N3O3S/c23-29(26,27)20-8-6-19(7-9-20)25-13-3-12-24(15-16-25)14-10-22-21-5-2-1-4-18(21)11-17-28-22/h1-2,4-9,22H,3,10-17H2,(H2,23,26,27). The van der Waals surface area contributed by atoms with Crippen molar-refractivity contribution in [2.24, 2.45) is 5.14 Å². The van der Waals surface area contributed by atoms with Crippen molar-refractivity contribution >= 4 is 15.7 Å². The van der Waals surface area contributed by atoms with Crippen LogP contribution in [0.15, 0.2) is 53.4 Å². The molecule has 156 valence electrons. The molecule has 2 aliphatic rings. The maximum absolute atomic E-state index is 11.4. The van der Waals surface area contributed by atoms with E-state index in [0.29, 0.717) is 0 Å². The highest BCUT2D eigenvalue weighted by molar-refractivity contribution is 7.89. The van der Waals surface area contributed by atoms with Gasteiger partial charge in [-0.3, -0.25) is 0 Å². The van der Waals surface area contributed by atoms with Gasteiger partial charge in [-0.15, -0.1) is 0 Å². The molecule has 6 nitrogen and oxygen atoms in total. The molecule has 2 aromatic carbocycles. The van der Waals surface area contributed by atoms with Gasteiger partial charge in [0.05, 0.1) is 17.6 Å². The minimum Gasteiger partial charge on any atom is -0.373 e. The van der Waals surface area contributed by atoms with Crippen LogP contribution in [0.5, 0.6) is 0 Å². The van der Waals surface area contributed by atoms with Crippen LogP contribution >= 0.6 is 0 Å². The summed E-state index contributed by atoms with van der Waals surface area (Å²) in [7, 11) is -3.64. The normalized spacial score (nSPS) is 20.9. The summed E-state index contributed by atoms with van der Waals surface area (Å²) in [5.41, 5.74) is 3.82. The summed E-state index contributed by atoms with van der Waals surface area (Å²) >= 11 is 0. The van der Waals surface area contributed by atoms with E-state index in [1.54, 1.807) is 12.1 Å². The summed E-state index contributed by atoms with van der Waals surface area (Å²) in [5.74, 6) is 0. The Balaban J connectivity index is 1.33. The Labute approximate surface area is 173 Å². The number of nitrogens with zero attached hydrogens (tertiary/aromatic N) is 2. The van der Waals surface area contributed by atoms with Crippen LogP contribution in [0.2, 0.25) is 0 Å². The maximum Gasteiger partial charge on any atom is 0.238 e. The number of anilines is 1. The molecule has 0 amide bonds. The second-order valence-electron chi connectivity index (χ2n) is 7.82. The lowest BCUT2D eigenvalue weighted by molar-refractivity contribution is 0.0297. The molecule has 7 heteroatoms. The predicted octanol–water partition coefficient (Wildman–Crippen LogP) is 2.55. The molecule has 29 heavy (non-hydrogen) atoms. The number of fused-ring (bicyclic) bond motifs is 1. The Hall–Kier alpha value is -1.93. The average molecular weight is 416 g/mol. The number of nitrogens with two attached hydrogens (primary N) is 1. The van der Waals surface area contributed by atoms with Crippen LogP contribution in [0.3, 0.4) is 0 Å². The third-order valence-electron chi connectivity index (χ3n) is 5.92. The van der Waals surface area contributed by atoms with Crippen molar-refractivity contribution in [1.82, 2.24) is 4.90 Å². The van der Waals surface area contributed by atoms with Gasteiger partial charge in [0.25, 0.3) is 0 Å². The van der Waals surface area contributed by atoms with Crippen molar-refractivity contribution in [3.8, 4) is 0 Å². The van der Waals surface area contributed by atoms with E-state index in [-0.39, 0.29) is 11.0 Å². The zero-order valence-electron chi connectivity index (χ0n) is 16.7. The van der Waals surface area contributed by atoms with Crippen LogP contribution < -0.4 is 10.0 Å². The predicted molar refractivity (Wildman–Crippen MR) is 115 cm³/mol. The lowest BCUT2D eigenvalue weighted by Crippen LogP contribution is -2.32. The van der Waals surface area contributed by atoms with Crippen molar-refractivity contribution in [1.29, 1.82) is 0 Å². The number of primary sulfonamides is 1. The van der Waals surface area contributed by atoms with Crippen LogP contribution in [-0.2, 0) is 21.2 Å². The molecule has 2 N–H and O–H groups in total. The van der Waals surface area contributed by atoms with Crippen LogP contribution in [-0.4, -0.2) is 52.6 Å². The zero-order valence-corrected chi connectivity index (χ0v) is 17.5. The van der Waals surface area contributed by atoms with Gasteiger partial charge in [0.1, 0.15) is 0 Å². The Morgan fingerprint density at radius 3 is 2.59 bits per heavy atom. The van der Waals surface area contributed by atoms with E-state index in [9.17, 15) is 8.42 Å². The van der Waals surface area contributed by atoms with Crippen molar-refractivity contribution < 1.29 is 13.2 Å². The largest absolute Gasteiger partial charge is 0.373 e. The summed E-state index contributed by atoms with van der Waals surface area (Å²) in [6, 6.07) is 15.5. The molecule has 2 aromatic rings. The first kappa shape index (κ1) is 20.3. The third kappa shape index (κ3) is 4.98. The summed E-state index contributed by atoms with van der Waals surface area (Å²) in [5, 5.41) is 5.19. The Morgan fingerprint density at radius 2 is 1.79 bits per heavy atom. The minimum atomic E-state index is -3.64. The van der Waals surface area contributed by atoms with Gasteiger partial charge in [0.15, 0.2) is 0 Å². The number of ether oxygens (including phenoxy) is 1. The van der Waals surface area contributed by atoms with E-state index in [0.717, 1.165) is 64.3 Å². The highest BCUT2D eigenvalue weighted by Crippen LogP contribution is 2.29. The molecular formula is C22H29N3O3S. The van der Waals surface area contributed by atoms with E-state index >= 15 is 0 Å². The molecule has 0 radical (unpaired) electrons. The first-order chi connectivity index (χ1) is 14.0. The Kier molecular flexibility index (Phi) is 6.20. The number of hydrogen-bond acceptors (Lipinski definition) is 5. The molecule has 2 heterocycles. The first-order valence-corrected chi connectivity index (χ1v) is 11.8. The van der Waals surface area contributed by atoms with Crippen molar-refractivity contribution in [3.63, 3.8) is 0 Å². The van der Waals surface area contributed by atoms with Crippen LogP contribution in [0.1, 0.15) is 30.1 Å². The number of sulfonamides is 1. The SMILES string of the molecule is NS(=O)(=O)c1ccc(N2CCCN(CCC3OCCc4ccccc43)CC2)cc1. The van der Waals surface area contributed by atoms with Gasteiger partial charge in [0.2, 0.25) is 10.0 Å². The lowest BCUT2D eigenvalue weighted by Gasteiger charge is -2.29. The molecule has 0 bridgehead atoms. The molecule has 2 aliphatic heterocycles. The van der Waals surface area contributed by atoms with E-state index < -0.39 is 10.0 Å². The fourth-order valence-corrected chi connectivity index (χ4v) is 4.83. The maximum atomic E-state index is 11.4. The second kappa shape index (κ2) is 8.83. The van der Waals surface area contributed by atoms with Gasteiger partial charge in [-0.2, -0.15) is 0 Å². The number of hydrogen-bond donors (Lipinski definition) is 1. The van der Waals surface area contributed by atoms with Gasteiger partial charge in [0, 0.05) is 31.9 Å². The summed E-state index contributed by atoms with van der Waals surface area (Å²) in [6.45, 7) is 5.79. The molecule has 4 rings (SSSR count). The fraction of sp³-hybridized carbons (Fsp3) is 0.455. The number of benzene rings is 2. The Bertz CT molecular complexity index is 931. The smallest absolute Gasteiger partial charge is 0.238 e. The molecule has 0 saturated carbocycles. The topological polar surface area (TPSA) is 75.9 Å². The van der Waals surface area contributed by atoms with Crippen LogP contribution in [0, 0.1) is 0 Å². The molecule has 0 aliphatic carbocycles. The van der Waals surface area contributed by atoms with E-state index in [1.165, 1.54) is 11.1 Å². The highest BCUT2D eigenvalue weighted by Gasteiger charge is 2.22. The van der Waals surface area contributed by atoms with Gasteiger partial charge >= 0.3 is 0 Å². The second-order valence-corrected chi connectivity index (χ2v) is 9.38. The third-order valence-corrected chi connectivity index (χ3v) is 6.85. The minimum absolute atomic E-state index is 0.158. The fourth-order valence-electron chi connectivity index (χ4n) is 4.31. The van der Waals surface area contributed by atoms with Crippen molar-refractivity contribution in [2.45, 2.75) is 30.3 Å². The first-order valence-electron chi connectivity index (χ1n) is 10.3. The Morgan fingerprint density at radius 1 is 1.00 bits per heavy atom. The highest BCUT2D eigenvalue weighted by atomic mass is 32.2. The summed E-state index contributed by atoms with van der Waals surface area (Å²) in [4.78, 5) is 4.99. The lowest BCUT2D eigenvalue weighted by atomic mass is 9.96. The van der Waals surface area contributed by atoms with Crippen molar-refractivity contribution in [3.05, 3.63) is 59.7 Å². The molecular weight excluding hydrogens is 386 g/mol. The van der Waals surface area contributed by atoms with Gasteiger partial charge in [-0.25, -0.2) is 13.6 Å². The molecule has 1 atom stereocenters. The quantitative estimate of drug-likeness (QED) is 0.812. The van der Waals surface area contributed by atoms with E-state index in [4.69, 9.17) is 9.88 Å². The number of rotatable bonds is 5. The van der Waals surface area contributed by atoms with Gasteiger partial charge < -0.3 is 14.5 Å². The van der Waals surface area contributed by atoms with Gasteiger partial charge in [-0.05, 0) is 61.2 Å². The molecule has 1 saturated heterocycles. The molecule has 1 fully saturated rings. The van der Waals surface area contributed by atoms with Crippen LogP contribution in [0.4, 0.5) is 5.69 Å². The summed E-state index contributed by atoms with van der Waals surface area (Å²) in [6.07, 6.45) is 3.30. The monoisotopic (exact) mass is 415 g/mol. The molecule has 0 aromatic heterocycles. The van der Waals surface area contributed by atoms with E-state index in [2.05, 4.69) is 34.1 Å². The van der Waals surface area contributed by atoms with Crippen LogP contribution in [0.25, 0.3) is 0 Å². The van der Waals surface area contributed by atoms with E-state index in [1.807, 2.05) is 12.1 Å². The average Bonchev–Trinajstić information content (AvgIpc) is 2.97. The van der Waals surface area contributed by atoms with Gasteiger partial charge in [-0.1, -0.05) is 24.3 Å². The molecule has 1 unspecified atom stereocenters. The molecule has 0 spiro atoms. The van der Waals surface area contributed by atoms with Crippen molar-refractivity contribution in [2.75, 3.05) is 44.2 Å².